The van der Waals surface area contributed by atoms with Crippen molar-refractivity contribution in [3.63, 3.8) is 0 Å². The summed E-state index contributed by atoms with van der Waals surface area (Å²) in [5.41, 5.74) is 15.3. The molecule has 0 bridgehead atoms. The molecule has 136 valence electrons. The first-order valence-electron chi connectivity index (χ1n) is 9.05. The molecule has 5 heteroatoms. The SMILES string of the molecule is CN.NCCCOCCCCCCCCCCOCCCN. The third-order valence-corrected chi connectivity index (χ3v) is 3.31. The average Bonchev–Trinajstić information content (AvgIpc) is 2.56. The van der Waals surface area contributed by atoms with E-state index in [0.717, 1.165) is 52.4 Å². The Balaban J connectivity index is 0. The summed E-state index contributed by atoms with van der Waals surface area (Å²) in [7, 11) is 1.50. The summed E-state index contributed by atoms with van der Waals surface area (Å²) in [6, 6.07) is 0. The molecule has 22 heavy (non-hydrogen) atoms. The highest BCUT2D eigenvalue weighted by Gasteiger charge is 1.94. The normalized spacial score (nSPS) is 10.4. The maximum Gasteiger partial charge on any atom is 0.0478 e. The molecule has 0 fully saturated rings. The van der Waals surface area contributed by atoms with Gasteiger partial charge in [0.05, 0.1) is 0 Å². The molecule has 0 saturated heterocycles. The molecule has 0 spiro atoms. The average molecular weight is 320 g/mol. The van der Waals surface area contributed by atoms with Gasteiger partial charge < -0.3 is 26.7 Å². The highest BCUT2D eigenvalue weighted by atomic mass is 16.5. The van der Waals surface area contributed by atoms with E-state index in [2.05, 4.69) is 5.73 Å². The summed E-state index contributed by atoms with van der Waals surface area (Å²) in [6.07, 6.45) is 12.3. The molecule has 0 aliphatic rings. The van der Waals surface area contributed by atoms with Crippen LogP contribution >= 0.6 is 0 Å². The van der Waals surface area contributed by atoms with Crippen molar-refractivity contribution >= 4 is 0 Å². The van der Waals surface area contributed by atoms with Gasteiger partial charge >= 0.3 is 0 Å². The lowest BCUT2D eigenvalue weighted by Crippen LogP contribution is -2.05. The van der Waals surface area contributed by atoms with E-state index in [1.54, 1.807) is 0 Å². The third kappa shape index (κ3) is 24.8. The van der Waals surface area contributed by atoms with Crippen LogP contribution in [-0.4, -0.2) is 46.6 Å². The van der Waals surface area contributed by atoms with Crippen molar-refractivity contribution in [3.05, 3.63) is 0 Å². The zero-order chi connectivity index (χ0) is 16.7. The molecule has 0 rings (SSSR count). The minimum Gasteiger partial charge on any atom is -0.381 e. The third-order valence-electron chi connectivity index (χ3n) is 3.31. The van der Waals surface area contributed by atoms with Gasteiger partial charge in [-0.2, -0.15) is 0 Å². The van der Waals surface area contributed by atoms with E-state index in [0.29, 0.717) is 0 Å². The minimum atomic E-state index is 0.734. The maximum atomic E-state index is 5.47. The second-order valence-corrected chi connectivity index (χ2v) is 5.34. The molecule has 0 amide bonds. The molecule has 0 unspecified atom stereocenters. The summed E-state index contributed by atoms with van der Waals surface area (Å²) in [5, 5.41) is 0. The van der Waals surface area contributed by atoms with Crippen molar-refractivity contribution in [2.24, 2.45) is 17.2 Å². The molecule has 0 radical (unpaired) electrons. The quantitative estimate of drug-likeness (QED) is 0.358. The van der Waals surface area contributed by atoms with Crippen molar-refractivity contribution in [1.82, 2.24) is 0 Å². The van der Waals surface area contributed by atoms with Crippen molar-refractivity contribution in [1.29, 1.82) is 0 Å². The predicted octanol–water partition coefficient (Wildman–Crippen LogP) is 2.41. The molecule has 0 saturated carbocycles. The Hall–Kier alpha value is -0.200. The summed E-state index contributed by atoms with van der Waals surface area (Å²) >= 11 is 0. The molecule has 0 aromatic carbocycles. The van der Waals surface area contributed by atoms with Crippen LogP contribution in [0, 0.1) is 0 Å². The number of rotatable bonds is 17. The van der Waals surface area contributed by atoms with Gasteiger partial charge in [-0.3, -0.25) is 0 Å². The van der Waals surface area contributed by atoms with E-state index in [4.69, 9.17) is 20.9 Å². The summed E-state index contributed by atoms with van der Waals surface area (Å²) < 4.78 is 10.9. The van der Waals surface area contributed by atoms with Crippen LogP contribution in [0.3, 0.4) is 0 Å². The monoisotopic (exact) mass is 319 g/mol. The number of unbranched alkanes of at least 4 members (excludes halogenated alkanes) is 7. The second-order valence-electron chi connectivity index (χ2n) is 5.34. The van der Waals surface area contributed by atoms with Crippen molar-refractivity contribution in [2.45, 2.75) is 64.2 Å². The summed E-state index contributed by atoms with van der Waals surface area (Å²) in [6.45, 7) is 4.92. The van der Waals surface area contributed by atoms with Crippen LogP contribution in [0.4, 0.5) is 0 Å². The van der Waals surface area contributed by atoms with Crippen LogP contribution in [0.15, 0.2) is 0 Å². The fraction of sp³-hybridized carbons (Fsp3) is 1.00. The smallest absolute Gasteiger partial charge is 0.0478 e. The molecule has 6 N–H and O–H groups in total. The molecule has 0 aliphatic carbocycles. The van der Waals surface area contributed by atoms with E-state index in [1.807, 2.05) is 0 Å². The van der Waals surface area contributed by atoms with Gasteiger partial charge in [0.25, 0.3) is 0 Å². The Morgan fingerprint density at radius 3 is 1.05 bits per heavy atom. The van der Waals surface area contributed by atoms with Gasteiger partial charge in [0, 0.05) is 26.4 Å². The van der Waals surface area contributed by atoms with Crippen LogP contribution in [0.5, 0.6) is 0 Å². The van der Waals surface area contributed by atoms with Gasteiger partial charge in [-0.15, -0.1) is 0 Å². The number of hydrogen-bond acceptors (Lipinski definition) is 5. The van der Waals surface area contributed by atoms with Gasteiger partial charge in [-0.05, 0) is 45.8 Å². The number of hydrogen-bond donors (Lipinski definition) is 3. The predicted molar refractivity (Wildman–Crippen MR) is 96.0 cm³/mol. The zero-order valence-electron chi connectivity index (χ0n) is 14.9. The Labute approximate surface area is 138 Å². The van der Waals surface area contributed by atoms with Gasteiger partial charge in [-0.25, -0.2) is 0 Å². The zero-order valence-corrected chi connectivity index (χ0v) is 14.9. The topological polar surface area (TPSA) is 96.5 Å². The first-order chi connectivity index (χ1) is 10.9. The maximum absolute atomic E-state index is 5.47. The number of nitrogens with two attached hydrogens (primary N) is 3. The lowest BCUT2D eigenvalue weighted by atomic mass is 10.1. The lowest BCUT2D eigenvalue weighted by molar-refractivity contribution is 0.128. The Morgan fingerprint density at radius 1 is 0.455 bits per heavy atom. The molecule has 0 heterocycles. The Bertz CT molecular complexity index is 154. The van der Waals surface area contributed by atoms with Crippen LogP contribution in [0.1, 0.15) is 64.2 Å². The molecule has 0 atom stereocenters. The highest BCUT2D eigenvalue weighted by Crippen LogP contribution is 2.08. The van der Waals surface area contributed by atoms with Crippen molar-refractivity contribution in [2.75, 3.05) is 46.6 Å². The van der Waals surface area contributed by atoms with Crippen LogP contribution < -0.4 is 17.2 Å². The van der Waals surface area contributed by atoms with E-state index < -0.39 is 0 Å². The van der Waals surface area contributed by atoms with Gasteiger partial charge in [0.2, 0.25) is 0 Å². The van der Waals surface area contributed by atoms with E-state index in [1.165, 1.54) is 58.4 Å². The Kier molecular flexibility index (Phi) is 28.1. The molecule has 0 aliphatic heterocycles. The summed E-state index contributed by atoms with van der Waals surface area (Å²) in [5.74, 6) is 0. The standard InChI is InChI=1S/C16H36N2O2.CH5N/c17-11-9-15-19-13-7-5-3-1-2-4-6-8-14-20-16-10-12-18;1-2/h1-18H2;2H2,1H3. The second kappa shape index (κ2) is 25.7. The van der Waals surface area contributed by atoms with Gasteiger partial charge in [-0.1, -0.05) is 38.5 Å². The van der Waals surface area contributed by atoms with Crippen molar-refractivity contribution in [3.8, 4) is 0 Å². The largest absolute Gasteiger partial charge is 0.381 e. The molecule has 0 aromatic heterocycles. The van der Waals surface area contributed by atoms with E-state index >= 15 is 0 Å². The van der Waals surface area contributed by atoms with E-state index in [9.17, 15) is 0 Å². The molecule has 0 aromatic rings. The van der Waals surface area contributed by atoms with Gasteiger partial charge in [0.1, 0.15) is 0 Å². The molecule has 5 nitrogen and oxygen atoms in total. The summed E-state index contributed by atoms with van der Waals surface area (Å²) in [4.78, 5) is 0. The van der Waals surface area contributed by atoms with Crippen molar-refractivity contribution < 1.29 is 9.47 Å². The first-order valence-corrected chi connectivity index (χ1v) is 9.05. The number of ether oxygens (including phenoxy) is 2. The fourth-order valence-electron chi connectivity index (χ4n) is 2.04. The van der Waals surface area contributed by atoms with Gasteiger partial charge in [0.15, 0.2) is 0 Å². The molecular weight excluding hydrogens is 278 g/mol. The molecular formula is C17H41N3O2. The minimum absolute atomic E-state index is 0.734. The first kappa shape index (κ1) is 24.1. The van der Waals surface area contributed by atoms with Crippen LogP contribution in [0.25, 0.3) is 0 Å². The lowest BCUT2D eigenvalue weighted by Gasteiger charge is -2.04. The fourth-order valence-corrected chi connectivity index (χ4v) is 2.04. The Morgan fingerprint density at radius 2 is 0.727 bits per heavy atom. The highest BCUT2D eigenvalue weighted by molar-refractivity contribution is 4.47. The van der Waals surface area contributed by atoms with Crippen LogP contribution in [0.2, 0.25) is 0 Å². The van der Waals surface area contributed by atoms with E-state index in [-0.39, 0.29) is 0 Å². The van der Waals surface area contributed by atoms with Crippen LogP contribution in [-0.2, 0) is 9.47 Å².